The zero-order valence-corrected chi connectivity index (χ0v) is 24.6. The molecule has 0 atom stereocenters. The highest BCUT2D eigenvalue weighted by Crippen LogP contribution is 2.37. The fourth-order valence-corrected chi connectivity index (χ4v) is 7.35. The van der Waals surface area contributed by atoms with Crippen molar-refractivity contribution in [2.24, 2.45) is 5.92 Å². The molecule has 4 rings (SSSR count). The van der Waals surface area contributed by atoms with E-state index in [4.69, 9.17) is 9.47 Å². The molecule has 2 aliphatic heterocycles. The van der Waals surface area contributed by atoms with Gasteiger partial charge in [-0.3, -0.25) is 4.79 Å². The van der Waals surface area contributed by atoms with Gasteiger partial charge in [-0.2, -0.15) is 0 Å². The molecule has 0 radical (unpaired) electrons. The van der Waals surface area contributed by atoms with Crippen LogP contribution in [0.1, 0.15) is 129 Å². The lowest BCUT2D eigenvalue weighted by atomic mass is 9.80. The number of nitrogens with zero attached hydrogens (tertiary/aromatic N) is 2. The van der Waals surface area contributed by atoms with Crippen molar-refractivity contribution < 1.29 is 19.1 Å². The lowest BCUT2D eigenvalue weighted by Gasteiger charge is -2.46. The van der Waals surface area contributed by atoms with Crippen molar-refractivity contribution in [3.63, 3.8) is 0 Å². The Morgan fingerprint density at radius 3 is 1.58 bits per heavy atom. The average Bonchev–Trinajstić information content (AvgIpc) is 2.75. The zero-order valence-electron chi connectivity index (χ0n) is 24.6. The van der Waals surface area contributed by atoms with E-state index < -0.39 is 0 Å². The fourth-order valence-electron chi connectivity index (χ4n) is 7.35. The Kier molecular flexibility index (Phi) is 7.99. The monoisotopic (exact) mass is 528 g/mol. The molecule has 212 valence electrons. The van der Waals surface area contributed by atoms with E-state index in [1.54, 1.807) is 12.4 Å². The number of rotatable bonds is 5. The van der Waals surface area contributed by atoms with E-state index in [-0.39, 0.29) is 58.1 Å². The van der Waals surface area contributed by atoms with Gasteiger partial charge in [-0.1, -0.05) is 0 Å². The quantitative estimate of drug-likeness (QED) is 0.511. The van der Waals surface area contributed by atoms with Gasteiger partial charge in [-0.15, -0.1) is 0 Å². The Labute approximate surface area is 228 Å². The van der Waals surface area contributed by atoms with E-state index >= 15 is 0 Å². The van der Waals surface area contributed by atoms with Crippen LogP contribution in [0, 0.1) is 5.92 Å². The summed E-state index contributed by atoms with van der Waals surface area (Å²) in [6.45, 7) is 17.2. The van der Waals surface area contributed by atoms with E-state index in [2.05, 4.69) is 76.0 Å². The Hall–Kier alpha value is -2.06. The van der Waals surface area contributed by atoms with Gasteiger partial charge in [-0.05, 0) is 81.1 Å². The summed E-state index contributed by atoms with van der Waals surface area (Å²) in [5.74, 6) is 0.419. The number of hydrogen-bond donors (Lipinski definition) is 2. The van der Waals surface area contributed by atoms with Crippen LogP contribution in [-0.4, -0.2) is 56.3 Å². The van der Waals surface area contributed by atoms with E-state index in [0.29, 0.717) is 5.56 Å². The van der Waals surface area contributed by atoms with Crippen LogP contribution in [0.4, 0.5) is 0 Å². The summed E-state index contributed by atoms with van der Waals surface area (Å²) in [5.41, 5.74) is 0.0772. The van der Waals surface area contributed by atoms with Crippen molar-refractivity contribution in [2.75, 3.05) is 0 Å². The van der Waals surface area contributed by atoms with Crippen molar-refractivity contribution >= 4 is 11.9 Å². The molecule has 38 heavy (non-hydrogen) atoms. The van der Waals surface area contributed by atoms with E-state index in [9.17, 15) is 9.59 Å². The van der Waals surface area contributed by atoms with Crippen molar-refractivity contribution in [1.82, 2.24) is 20.6 Å². The van der Waals surface area contributed by atoms with E-state index in [1.807, 2.05) is 0 Å². The predicted molar refractivity (Wildman–Crippen MR) is 147 cm³/mol. The summed E-state index contributed by atoms with van der Waals surface area (Å²) >= 11 is 0. The third-order valence-corrected chi connectivity index (χ3v) is 8.20. The number of hydrogen-bond acceptors (Lipinski definition) is 8. The van der Waals surface area contributed by atoms with Crippen LogP contribution in [-0.2, 0) is 14.3 Å². The maximum atomic E-state index is 13.0. The molecule has 3 fully saturated rings. The molecule has 2 N–H and O–H groups in total. The molecular formula is C30H48N4O4. The van der Waals surface area contributed by atoms with E-state index in [0.717, 1.165) is 57.2 Å². The van der Waals surface area contributed by atoms with Gasteiger partial charge >= 0.3 is 11.9 Å². The van der Waals surface area contributed by atoms with Gasteiger partial charge in [0.15, 0.2) is 0 Å². The van der Waals surface area contributed by atoms with Gasteiger partial charge in [-0.25, -0.2) is 14.8 Å². The summed E-state index contributed by atoms with van der Waals surface area (Å²) in [4.78, 5) is 34.8. The molecule has 8 nitrogen and oxygen atoms in total. The molecule has 3 aliphatic rings. The highest BCUT2D eigenvalue weighted by Gasteiger charge is 2.41. The predicted octanol–water partition coefficient (Wildman–Crippen LogP) is 5.07. The van der Waals surface area contributed by atoms with Crippen LogP contribution in [0.15, 0.2) is 12.4 Å². The first-order chi connectivity index (χ1) is 17.5. The minimum atomic E-state index is -0.370. The molecule has 0 spiro atoms. The minimum absolute atomic E-state index is 0.0517. The van der Waals surface area contributed by atoms with Crippen LogP contribution in [0.25, 0.3) is 0 Å². The second kappa shape index (κ2) is 10.5. The zero-order chi connectivity index (χ0) is 27.9. The highest BCUT2D eigenvalue weighted by atomic mass is 16.5. The molecule has 1 saturated carbocycles. The van der Waals surface area contributed by atoms with Gasteiger partial charge in [0.1, 0.15) is 18.0 Å². The van der Waals surface area contributed by atoms with Gasteiger partial charge in [0, 0.05) is 66.2 Å². The first kappa shape index (κ1) is 28.9. The van der Waals surface area contributed by atoms with Crippen LogP contribution in [0.3, 0.4) is 0 Å². The summed E-state index contributed by atoms with van der Waals surface area (Å²) in [5, 5.41) is 7.25. The summed E-state index contributed by atoms with van der Waals surface area (Å²) in [6, 6.07) is 0. The first-order valence-corrected chi connectivity index (χ1v) is 14.3. The molecule has 2 saturated heterocycles. The van der Waals surface area contributed by atoms with E-state index in [1.165, 1.54) is 0 Å². The molecule has 3 heterocycles. The Morgan fingerprint density at radius 2 is 1.13 bits per heavy atom. The summed E-state index contributed by atoms with van der Waals surface area (Å²) in [6.07, 6.45) is 9.38. The number of ether oxygens (including phenoxy) is 2. The molecular weight excluding hydrogens is 480 g/mol. The number of piperidine rings is 2. The minimum Gasteiger partial charge on any atom is -0.462 e. The Balaban J connectivity index is 1.27. The van der Waals surface area contributed by atoms with Crippen LogP contribution in [0.5, 0.6) is 0 Å². The third kappa shape index (κ3) is 7.53. The van der Waals surface area contributed by atoms with Gasteiger partial charge in [0.2, 0.25) is 0 Å². The van der Waals surface area contributed by atoms with Crippen molar-refractivity contribution in [1.29, 1.82) is 0 Å². The van der Waals surface area contributed by atoms with Crippen molar-refractivity contribution in [3.8, 4) is 0 Å². The molecule has 0 bridgehead atoms. The lowest BCUT2D eigenvalue weighted by molar-refractivity contribution is -0.159. The summed E-state index contributed by atoms with van der Waals surface area (Å²) in [7, 11) is 0. The first-order valence-electron chi connectivity index (χ1n) is 14.3. The molecule has 1 aromatic rings. The fraction of sp³-hybridized carbons (Fsp3) is 0.800. The highest BCUT2D eigenvalue weighted by molar-refractivity contribution is 5.88. The standard InChI is InChI=1S/C30H48N4O4/c1-27(2)13-22(14-28(3,4)33-27)37-25(35)20-11-9-19(10-12-20)24-31-17-21(18-32-24)26(36)38-23-15-29(5,6)34-30(7,8)16-23/h17-20,22-23,33-34H,9-16H2,1-8H3. The summed E-state index contributed by atoms with van der Waals surface area (Å²) < 4.78 is 11.9. The maximum absolute atomic E-state index is 13.0. The molecule has 8 heteroatoms. The van der Waals surface area contributed by atoms with Gasteiger partial charge < -0.3 is 20.1 Å². The SMILES string of the molecule is CC1(C)CC(OC(=O)c2cnc(C3CCC(C(=O)OC4CC(C)(C)NC(C)(C)C4)CC3)nc2)CC(C)(C)N1. The smallest absolute Gasteiger partial charge is 0.341 e. The average molecular weight is 529 g/mol. The molecule has 0 amide bonds. The third-order valence-electron chi connectivity index (χ3n) is 8.20. The normalized spacial score (nSPS) is 28.8. The lowest BCUT2D eigenvalue weighted by Crippen LogP contribution is -2.59. The van der Waals surface area contributed by atoms with Crippen molar-refractivity contribution in [3.05, 3.63) is 23.8 Å². The van der Waals surface area contributed by atoms with Gasteiger partial charge in [0.25, 0.3) is 0 Å². The molecule has 0 unspecified atom stereocenters. The Bertz CT molecular complexity index is 978. The Morgan fingerprint density at radius 1 is 0.711 bits per heavy atom. The number of esters is 2. The maximum Gasteiger partial charge on any atom is 0.341 e. The number of aromatic nitrogens is 2. The number of carbonyl (C=O) groups excluding carboxylic acids is 2. The second-order valence-corrected chi connectivity index (χ2v) is 14.6. The van der Waals surface area contributed by atoms with Crippen molar-refractivity contribution in [2.45, 2.75) is 147 Å². The molecule has 0 aromatic carbocycles. The van der Waals surface area contributed by atoms with Gasteiger partial charge in [0.05, 0.1) is 11.5 Å². The molecule has 1 aromatic heterocycles. The largest absolute Gasteiger partial charge is 0.462 e. The topological polar surface area (TPSA) is 102 Å². The van der Waals surface area contributed by atoms with Crippen LogP contribution in [0.2, 0.25) is 0 Å². The van der Waals surface area contributed by atoms with Crippen LogP contribution < -0.4 is 10.6 Å². The second-order valence-electron chi connectivity index (χ2n) is 14.6. The molecule has 1 aliphatic carbocycles. The number of nitrogens with one attached hydrogen (secondary N) is 2. The van der Waals surface area contributed by atoms with Crippen LogP contribution >= 0.6 is 0 Å². The number of carbonyl (C=O) groups is 2.